The molecule has 0 fully saturated rings. The van der Waals surface area contributed by atoms with E-state index in [-0.39, 0.29) is 17.6 Å². The molecule has 0 saturated carbocycles. The van der Waals surface area contributed by atoms with Crippen LogP contribution in [0, 0.1) is 0 Å². The standard InChI is InChI=1S/C6H5NO2/c8-5-3-1-2-4(7-3)6(5)9/h3H,1-2H2. The molecule has 2 aliphatic heterocycles. The summed E-state index contributed by atoms with van der Waals surface area (Å²) in [6, 6.07) is -0.285. The highest BCUT2D eigenvalue weighted by Crippen LogP contribution is 2.22. The molecule has 2 bridgehead atoms. The molecule has 2 rings (SSSR count). The Kier molecular flexibility index (Phi) is 0.695. The van der Waals surface area contributed by atoms with Crippen LogP contribution in [0.4, 0.5) is 0 Å². The molecule has 1 atom stereocenters. The van der Waals surface area contributed by atoms with Gasteiger partial charge in [-0.1, -0.05) is 0 Å². The third kappa shape index (κ3) is 0.439. The van der Waals surface area contributed by atoms with Gasteiger partial charge in [-0.15, -0.1) is 0 Å². The van der Waals surface area contributed by atoms with E-state index in [4.69, 9.17) is 0 Å². The van der Waals surface area contributed by atoms with Gasteiger partial charge in [-0.05, 0) is 12.8 Å². The lowest BCUT2D eigenvalue weighted by atomic mass is 9.98. The van der Waals surface area contributed by atoms with E-state index >= 15 is 0 Å². The Bertz CT molecular complexity index is 229. The lowest BCUT2D eigenvalue weighted by Gasteiger charge is -2.01. The van der Waals surface area contributed by atoms with E-state index in [1.165, 1.54) is 0 Å². The largest absolute Gasteiger partial charge is 0.288 e. The molecule has 2 heterocycles. The van der Waals surface area contributed by atoms with Gasteiger partial charge in [-0.25, -0.2) is 0 Å². The maximum absolute atomic E-state index is 10.7. The molecular weight excluding hydrogens is 118 g/mol. The summed E-state index contributed by atoms with van der Waals surface area (Å²) in [6.07, 6.45) is 1.48. The van der Waals surface area contributed by atoms with Gasteiger partial charge in [0.1, 0.15) is 6.04 Å². The minimum atomic E-state index is -0.341. The summed E-state index contributed by atoms with van der Waals surface area (Å²) in [7, 11) is 0. The normalized spacial score (nSPS) is 31.6. The topological polar surface area (TPSA) is 46.5 Å². The summed E-state index contributed by atoms with van der Waals surface area (Å²) < 4.78 is 0. The maximum Gasteiger partial charge on any atom is 0.244 e. The van der Waals surface area contributed by atoms with E-state index < -0.39 is 0 Å². The first kappa shape index (κ1) is 4.85. The summed E-state index contributed by atoms with van der Waals surface area (Å²) in [4.78, 5) is 25.3. The highest BCUT2D eigenvalue weighted by Gasteiger charge is 2.40. The van der Waals surface area contributed by atoms with Crippen molar-refractivity contribution in [2.75, 3.05) is 0 Å². The second kappa shape index (κ2) is 1.29. The molecule has 0 spiro atoms. The van der Waals surface area contributed by atoms with Gasteiger partial charge in [0.2, 0.25) is 11.6 Å². The Morgan fingerprint density at radius 2 is 2.22 bits per heavy atom. The monoisotopic (exact) mass is 123 g/mol. The van der Waals surface area contributed by atoms with E-state index in [0.29, 0.717) is 5.71 Å². The predicted molar refractivity (Wildman–Crippen MR) is 30.5 cm³/mol. The van der Waals surface area contributed by atoms with Crippen molar-refractivity contribution in [2.45, 2.75) is 18.9 Å². The number of aliphatic imine (C=N–C) groups is 1. The van der Waals surface area contributed by atoms with Gasteiger partial charge >= 0.3 is 0 Å². The molecule has 46 valence electrons. The minimum Gasteiger partial charge on any atom is -0.288 e. The van der Waals surface area contributed by atoms with Crippen molar-refractivity contribution in [3.05, 3.63) is 0 Å². The van der Waals surface area contributed by atoms with Crippen LogP contribution in [-0.2, 0) is 9.59 Å². The van der Waals surface area contributed by atoms with Crippen LogP contribution in [0.3, 0.4) is 0 Å². The number of carbonyl (C=O) groups excluding carboxylic acids is 2. The lowest BCUT2D eigenvalue weighted by Crippen LogP contribution is -2.28. The fraction of sp³-hybridized carbons (Fsp3) is 0.500. The van der Waals surface area contributed by atoms with Crippen molar-refractivity contribution in [2.24, 2.45) is 4.99 Å². The van der Waals surface area contributed by atoms with Gasteiger partial charge in [-0.3, -0.25) is 14.6 Å². The van der Waals surface area contributed by atoms with Crippen LogP contribution in [0.25, 0.3) is 0 Å². The average molecular weight is 123 g/mol. The van der Waals surface area contributed by atoms with Gasteiger partial charge in [0.05, 0.1) is 5.71 Å². The molecule has 0 aromatic carbocycles. The predicted octanol–water partition coefficient (Wildman–Crippen LogP) is -0.258. The van der Waals surface area contributed by atoms with Gasteiger partial charge in [0, 0.05) is 0 Å². The molecule has 9 heavy (non-hydrogen) atoms. The van der Waals surface area contributed by atoms with Crippen molar-refractivity contribution in [3.8, 4) is 0 Å². The number of hydrogen-bond acceptors (Lipinski definition) is 3. The minimum absolute atomic E-state index is 0.285. The Balaban J connectivity index is 2.45. The molecule has 1 unspecified atom stereocenters. The summed E-state index contributed by atoms with van der Waals surface area (Å²) in [5.41, 5.74) is 0.505. The lowest BCUT2D eigenvalue weighted by molar-refractivity contribution is -0.133. The van der Waals surface area contributed by atoms with Crippen LogP contribution in [0.1, 0.15) is 12.8 Å². The molecule has 0 aromatic rings. The van der Waals surface area contributed by atoms with Gasteiger partial charge in [0.25, 0.3) is 0 Å². The zero-order valence-corrected chi connectivity index (χ0v) is 4.76. The van der Waals surface area contributed by atoms with E-state index in [2.05, 4.69) is 4.99 Å². The fourth-order valence-electron chi connectivity index (χ4n) is 1.25. The van der Waals surface area contributed by atoms with Crippen LogP contribution in [0.2, 0.25) is 0 Å². The average Bonchev–Trinajstić information content (AvgIpc) is 2.37. The molecule has 0 aromatic heterocycles. The third-order valence-electron chi connectivity index (χ3n) is 1.75. The van der Waals surface area contributed by atoms with Crippen molar-refractivity contribution in [1.82, 2.24) is 0 Å². The number of hydrogen-bond donors (Lipinski definition) is 0. The molecule has 3 nitrogen and oxygen atoms in total. The van der Waals surface area contributed by atoms with Crippen LogP contribution in [0.15, 0.2) is 4.99 Å². The molecular formula is C6H5NO2. The number of carbonyl (C=O) groups is 2. The number of ketones is 2. The molecule has 3 heteroatoms. The summed E-state index contributed by atoms with van der Waals surface area (Å²) in [6.45, 7) is 0. The summed E-state index contributed by atoms with van der Waals surface area (Å²) >= 11 is 0. The number of Topliss-reactive ketones (excluding diaryl/α,β-unsaturated/α-hetero) is 2. The van der Waals surface area contributed by atoms with Crippen molar-refractivity contribution >= 4 is 17.3 Å². The summed E-state index contributed by atoms with van der Waals surface area (Å²) in [5, 5.41) is 0. The second-order valence-electron chi connectivity index (χ2n) is 2.32. The van der Waals surface area contributed by atoms with E-state index in [0.717, 1.165) is 12.8 Å². The van der Waals surface area contributed by atoms with Gasteiger partial charge in [-0.2, -0.15) is 0 Å². The molecule has 0 N–H and O–H groups in total. The van der Waals surface area contributed by atoms with Crippen LogP contribution in [0.5, 0.6) is 0 Å². The van der Waals surface area contributed by atoms with E-state index in [1.54, 1.807) is 0 Å². The van der Waals surface area contributed by atoms with E-state index in [1.807, 2.05) is 0 Å². The highest BCUT2D eigenvalue weighted by atomic mass is 16.2. The first-order valence-corrected chi connectivity index (χ1v) is 2.94. The number of nitrogens with zero attached hydrogens (tertiary/aromatic N) is 1. The molecule has 0 amide bonds. The van der Waals surface area contributed by atoms with Crippen LogP contribution in [-0.4, -0.2) is 23.3 Å². The number of rotatable bonds is 0. The zero-order valence-electron chi connectivity index (χ0n) is 4.76. The first-order chi connectivity index (χ1) is 4.29. The van der Waals surface area contributed by atoms with Gasteiger partial charge < -0.3 is 0 Å². The Morgan fingerprint density at radius 1 is 1.44 bits per heavy atom. The van der Waals surface area contributed by atoms with Crippen LogP contribution < -0.4 is 0 Å². The Hall–Kier alpha value is -0.990. The maximum atomic E-state index is 10.7. The van der Waals surface area contributed by atoms with E-state index in [9.17, 15) is 9.59 Å². The quantitative estimate of drug-likeness (QED) is 0.417. The highest BCUT2D eigenvalue weighted by molar-refractivity contribution is 6.69. The SMILES string of the molecule is O=C1C(=O)C2CCC1=N2. The van der Waals surface area contributed by atoms with Crippen molar-refractivity contribution in [1.29, 1.82) is 0 Å². The Labute approximate surface area is 51.8 Å². The zero-order chi connectivity index (χ0) is 6.43. The fourth-order valence-corrected chi connectivity index (χ4v) is 1.25. The molecule has 0 radical (unpaired) electrons. The third-order valence-corrected chi connectivity index (χ3v) is 1.75. The molecule has 0 aliphatic carbocycles. The van der Waals surface area contributed by atoms with Crippen LogP contribution >= 0.6 is 0 Å². The second-order valence-corrected chi connectivity index (χ2v) is 2.32. The molecule has 2 aliphatic rings. The van der Waals surface area contributed by atoms with Gasteiger partial charge in [0.15, 0.2) is 0 Å². The van der Waals surface area contributed by atoms with Crippen molar-refractivity contribution in [3.63, 3.8) is 0 Å². The summed E-state index contributed by atoms with van der Waals surface area (Å²) in [5.74, 6) is -0.637. The smallest absolute Gasteiger partial charge is 0.244 e. The Morgan fingerprint density at radius 3 is 2.56 bits per heavy atom. The van der Waals surface area contributed by atoms with Crippen molar-refractivity contribution < 1.29 is 9.59 Å². The number of fused-ring (bicyclic) bond motifs is 1. The first-order valence-electron chi connectivity index (χ1n) is 2.94. The molecule has 0 saturated heterocycles.